The topological polar surface area (TPSA) is 82.8 Å². The Balaban J connectivity index is 1.31. The normalized spacial score (nSPS) is 17.8. The van der Waals surface area contributed by atoms with Crippen molar-refractivity contribution in [2.24, 2.45) is 5.10 Å². The van der Waals surface area contributed by atoms with E-state index in [2.05, 4.69) is 20.2 Å². The van der Waals surface area contributed by atoms with E-state index in [1.807, 2.05) is 0 Å². The molecule has 0 radical (unpaired) electrons. The molecule has 13 heteroatoms. The van der Waals surface area contributed by atoms with Gasteiger partial charge in [0, 0.05) is 50.9 Å². The lowest BCUT2D eigenvalue weighted by Crippen LogP contribution is -2.52. The second-order valence-electron chi connectivity index (χ2n) is 8.57. The van der Waals surface area contributed by atoms with Crippen LogP contribution in [0.3, 0.4) is 0 Å². The Morgan fingerprint density at radius 2 is 1.56 bits per heavy atom. The van der Waals surface area contributed by atoms with E-state index >= 15 is 0 Å². The second-order valence-corrected chi connectivity index (χ2v) is 8.57. The summed E-state index contributed by atoms with van der Waals surface area (Å²) in [7, 11) is 0. The standard InChI is InChI=1S/C23H22F4N8O/c1-13-29-14(2)34(31-13)22-19(27)12-18(26)21(30-22)32-5-7-33(8-6-32)23(36)35-20(3-4-28-35)15-9-16(24)11-17(25)10-15/h4,9-12,20H,3,5-8H2,1-2H3. The Kier molecular flexibility index (Phi) is 6.06. The molecule has 5 rings (SSSR count). The van der Waals surface area contributed by atoms with E-state index in [-0.39, 0.29) is 37.8 Å². The molecule has 9 nitrogen and oxygen atoms in total. The minimum Gasteiger partial charge on any atom is -0.351 e. The number of pyridine rings is 1. The van der Waals surface area contributed by atoms with Crippen LogP contribution in [-0.2, 0) is 0 Å². The van der Waals surface area contributed by atoms with Crippen molar-refractivity contribution in [1.29, 1.82) is 0 Å². The fourth-order valence-electron chi connectivity index (χ4n) is 4.44. The monoisotopic (exact) mass is 502 g/mol. The van der Waals surface area contributed by atoms with Crippen LogP contribution in [0, 0.1) is 37.1 Å². The number of hydrogen-bond donors (Lipinski definition) is 0. The first kappa shape index (κ1) is 23.7. The highest BCUT2D eigenvalue weighted by Crippen LogP contribution is 2.31. The van der Waals surface area contributed by atoms with E-state index in [1.165, 1.54) is 32.9 Å². The fraction of sp³-hybridized carbons (Fsp3) is 0.348. The molecule has 0 bridgehead atoms. The first-order valence-electron chi connectivity index (χ1n) is 11.3. The van der Waals surface area contributed by atoms with Crippen LogP contribution in [0.4, 0.5) is 28.2 Å². The van der Waals surface area contributed by atoms with Crippen molar-refractivity contribution in [2.45, 2.75) is 26.3 Å². The lowest BCUT2D eigenvalue weighted by atomic mass is 10.0. The van der Waals surface area contributed by atoms with Gasteiger partial charge in [-0.15, -0.1) is 5.10 Å². The second kappa shape index (κ2) is 9.21. The molecule has 0 aliphatic carbocycles. The average molecular weight is 502 g/mol. The van der Waals surface area contributed by atoms with Crippen molar-refractivity contribution in [2.75, 3.05) is 31.1 Å². The van der Waals surface area contributed by atoms with Crippen LogP contribution in [-0.4, -0.2) is 68.1 Å². The van der Waals surface area contributed by atoms with Crippen molar-refractivity contribution in [3.8, 4) is 5.82 Å². The number of piperazine rings is 1. The first-order valence-corrected chi connectivity index (χ1v) is 11.3. The molecule has 1 saturated heterocycles. The molecule has 1 unspecified atom stereocenters. The first-order chi connectivity index (χ1) is 17.2. The fourth-order valence-corrected chi connectivity index (χ4v) is 4.44. The van der Waals surface area contributed by atoms with Crippen molar-refractivity contribution in [1.82, 2.24) is 29.7 Å². The van der Waals surface area contributed by atoms with Gasteiger partial charge in [0.15, 0.2) is 23.3 Å². The average Bonchev–Trinajstić information content (AvgIpc) is 3.44. The molecule has 2 amide bonds. The smallest absolute Gasteiger partial charge is 0.341 e. The summed E-state index contributed by atoms with van der Waals surface area (Å²) in [6, 6.07) is 2.82. The molecule has 0 N–H and O–H groups in total. The largest absolute Gasteiger partial charge is 0.351 e. The molecule has 1 aromatic carbocycles. The predicted octanol–water partition coefficient (Wildman–Crippen LogP) is 3.51. The van der Waals surface area contributed by atoms with Gasteiger partial charge in [-0.25, -0.2) is 37.3 Å². The highest BCUT2D eigenvalue weighted by molar-refractivity contribution is 5.78. The predicted molar refractivity (Wildman–Crippen MR) is 122 cm³/mol. The van der Waals surface area contributed by atoms with E-state index in [1.54, 1.807) is 18.7 Å². The third-order valence-corrected chi connectivity index (χ3v) is 6.11. The molecule has 2 aromatic heterocycles. The van der Waals surface area contributed by atoms with Gasteiger partial charge in [0.25, 0.3) is 0 Å². The number of nitrogens with zero attached hydrogens (tertiary/aromatic N) is 8. The number of halogens is 4. The molecule has 3 aromatic rings. The number of urea groups is 1. The van der Waals surface area contributed by atoms with E-state index in [4.69, 9.17) is 0 Å². The maximum absolute atomic E-state index is 14.7. The number of anilines is 1. The van der Waals surface area contributed by atoms with E-state index < -0.39 is 35.3 Å². The number of amides is 2. The van der Waals surface area contributed by atoms with Gasteiger partial charge in [0.1, 0.15) is 23.3 Å². The van der Waals surface area contributed by atoms with Gasteiger partial charge in [0.05, 0.1) is 6.04 Å². The number of carbonyl (C=O) groups excluding carboxylic acids is 1. The van der Waals surface area contributed by atoms with Crippen LogP contribution in [0.5, 0.6) is 0 Å². The Morgan fingerprint density at radius 3 is 2.19 bits per heavy atom. The molecule has 1 atom stereocenters. The summed E-state index contributed by atoms with van der Waals surface area (Å²) in [5, 5.41) is 9.44. The van der Waals surface area contributed by atoms with Crippen molar-refractivity contribution >= 4 is 18.1 Å². The van der Waals surface area contributed by atoms with Crippen LogP contribution in [0.1, 0.15) is 29.7 Å². The van der Waals surface area contributed by atoms with Gasteiger partial charge in [0.2, 0.25) is 0 Å². The third kappa shape index (κ3) is 4.36. The van der Waals surface area contributed by atoms with Gasteiger partial charge in [-0.05, 0) is 31.5 Å². The summed E-state index contributed by atoms with van der Waals surface area (Å²) in [4.78, 5) is 24.6. The van der Waals surface area contributed by atoms with Crippen LogP contribution in [0.15, 0.2) is 29.4 Å². The van der Waals surface area contributed by atoms with Crippen LogP contribution in [0.25, 0.3) is 5.82 Å². The van der Waals surface area contributed by atoms with Gasteiger partial charge in [-0.3, -0.25) is 0 Å². The quantitative estimate of drug-likeness (QED) is 0.512. The number of rotatable bonds is 3. The number of aryl methyl sites for hydroxylation is 2. The van der Waals surface area contributed by atoms with Crippen LogP contribution >= 0.6 is 0 Å². The van der Waals surface area contributed by atoms with E-state index in [0.717, 1.165) is 12.1 Å². The molecule has 1 fully saturated rings. The summed E-state index contributed by atoms with van der Waals surface area (Å²) < 4.78 is 57.8. The number of hydrogen-bond acceptors (Lipinski definition) is 6. The zero-order chi connectivity index (χ0) is 25.6. The lowest BCUT2D eigenvalue weighted by molar-refractivity contribution is 0.139. The maximum atomic E-state index is 14.7. The minimum absolute atomic E-state index is 0.0571. The number of carbonyl (C=O) groups is 1. The zero-order valence-corrected chi connectivity index (χ0v) is 19.5. The summed E-state index contributed by atoms with van der Waals surface area (Å²) in [5.41, 5.74) is 0.306. The molecular formula is C23H22F4N8O. The number of benzene rings is 1. The molecule has 188 valence electrons. The highest BCUT2D eigenvalue weighted by atomic mass is 19.1. The zero-order valence-electron chi connectivity index (χ0n) is 19.5. The van der Waals surface area contributed by atoms with E-state index in [0.29, 0.717) is 23.6 Å². The maximum Gasteiger partial charge on any atom is 0.341 e. The van der Waals surface area contributed by atoms with E-state index in [9.17, 15) is 22.4 Å². The summed E-state index contributed by atoms with van der Waals surface area (Å²) in [6.45, 7) is 4.18. The molecule has 2 aliphatic rings. The Labute approximate surface area is 203 Å². The Bertz CT molecular complexity index is 1330. The Morgan fingerprint density at radius 1 is 0.889 bits per heavy atom. The van der Waals surface area contributed by atoms with Gasteiger partial charge in [-0.1, -0.05) is 0 Å². The van der Waals surface area contributed by atoms with Gasteiger partial charge in [-0.2, -0.15) is 9.78 Å². The SMILES string of the molecule is Cc1nc(C)n(-c2nc(N3CCN(C(=O)N4N=CCC4c4cc(F)cc(F)c4)CC3)c(F)cc2F)n1. The lowest BCUT2D eigenvalue weighted by Gasteiger charge is -2.37. The van der Waals surface area contributed by atoms with Crippen molar-refractivity contribution in [3.63, 3.8) is 0 Å². The number of aromatic nitrogens is 4. The molecule has 4 heterocycles. The Hall–Kier alpha value is -4.03. The highest BCUT2D eigenvalue weighted by Gasteiger charge is 2.34. The summed E-state index contributed by atoms with van der Waals surface area (Å²) >= 11 is 0. The summed E-state index contributed by atoms with van der Waals surface area (Å²) in [5.74, 6) is -2.56. The molecule has 36 heavy (non-hydrogen) atoms. The van der Waals surface area contributed by atoms with Crippen LogP contribution in [0.2, 0.25) is 0 Å². The molecule has 0 spiro atoms. The molecule has 2 aliphatic heterocycles. The van der Waals surface area contributed by atoms with Gasteiger partial charge >= 0.3 is 6.03 Å². The van der Waals surface area contributed by atoms with Crippen molar-refractivity contribution < 1.29 is 22.4 Å². The molecule has 0 saturated carbocycles. The number of hydrazone groups is 1. The summed E-state index contributed by atoms with van der Waals surface area (Å²) in [6.07, 6.45) is 1.85. The molecular weight excluding hydrogens is 480 g/mol. The van der Waals surface area contributed by atoms with Crippen LogP contribution < -0.4 is 4.90 Å². The third-order valence-electron chi connectivity index (χ3n) is 6.11. The van der Waals surface area contributed by atoms with Gasteiger partial charge < -0.3 is 9.80 Å². The minimum atomic E-state index is -0.871. The van der Waals surface area contributed by atoms with Crippen molar-refractivity contribution in [3.05, 3.63) is 64.7 Å².